The third-order valence-corrected chi connectivity index (χ3v) is 4.89. The summed E-state index contributed by atoms with van der Waals surface area (Å²) in [4.78, 5) is 25.6. The number of piperidine rings is 1. The molecule has 1 saturated heterocycles. The molecule has 0 aliphatic carbocycles. The number of carbonyl (C=O) groups is 2. The van der Waals surface area contributed by atoms with Crippen LogP contribution in [-0.4, -0.2) is 39.6 Å². The molecule has 8 heteroatoms. The number of benzene rings is 1. The standard InChI is InChI=1S/C18H19BrN2O5/c1-11-8-13(26-20-11)10-25-16-6-5-12(9-14(16)19)17(22)21-7-3-2-4-15(21)18(23)24/h5-6,8-9,15H,2-4,7,10H2,1H3,(H,23,24)/t15-/m1/s1. The number of aliphatic carboxylic acids is 1. The maximum Gasteiger partial charge on any atom is 0.326 e. The van der Waals surface area contributed by atoms with Crippen LogP contribution in [0.2, 0.25) is 0 Å². The van der Waals surface area contributed by atoms with E-state index in [1.165, 1.54) is 4.90 Å². The van der Waals surface area contributed by atoms with Gasteiger partial charge in [0.1, 0.15) is 18.4 Å². The fourth-order valence-electron chi connectivity index (χ4n) is 2.98. The van der Waals surface area contributed by atoms with Gasteiger partial charge in [0.15, 0.2) is 5.76 Å². The van der Waals surface area contributed by atoms with E-state index in [-0.39, 0.29) is 12.5 Å². The highest BCUT2D eigenvalue weighted by Crippen LogP contribution is 2.28. The molecule has 2 heterocycles. The lowest BCUT2D eigenvalue weighted by molar-refractivity contribution is -0.143. The zero-order valence-corrected chi connectivity index (χ0v) is 15.9. The molecule has 1 aromatic heterocycles. The van der Waals surface area contributed by atoms with E-state index in [1.54, 1.807) is 24.3 Å². The average molecular weight is 423 g/mol. The number of amides is 1. The Labute approximate surface area is 159 Å². The Morgan fingerprint density at radius 1 is 1.38 bits per heavy atom. The Morgan fingerprint density at radius 3 is 2.85 bits per heavy atom. The van der Waals surface area contributed by atoms with Crippen molar-refractivity contribution in [1.82, 2.24) is 10.1 Å². The van der Waals surface area contributed by atoms with Gasteiger partial charge in [0.2, 0.25) is 0 Å². The second kappa shape index (κ2) is 7.90. The molecule has 0 unspecified atom stereocenters. The third kappa shape index (κ3) is 4.07. The van der Waals surface area contributed by atoms with Gasteiger partial charge in [-0.25, -0.2) is 4.79 Å². The van der Waals surface area contributed by atoms with Crippen LogP contribution in [0.5, 0.6) is 5.75 Å². The Hall–Kier alpha value is -2.35. The molecule has 0 radical (unpaired) electrons. The second-order valence-electron chi connectivity index (χ2n) is 6.22. The number of carbonyl (C=O) groups excluding carboxylic acids is 1. The van der Waals surface area contributed by atoms with Gasteiger partial charge >= 0.3 is 5.97 Å². The zero-order chi connectivity index (χ0) is 18.7. The SMILES string of the molecule is Cc1cc(COc2ccc(C(=O)N3CCCC[C@@H]3C(=O)O)cc2Br)on1. The van der Waals surface area contributed by atoms with Crippen molar-refractivity contribution in [3.63, 3.8) is 0 Å². The molecule has 26 heavy (non-hydrogen) atoms. The predicted octanol–water partition coefficient (Wildman–Crippen LogP) is 3.40. The van der Waals surface area contributed by atoms with Crippen molar-refractivity contribution in [1.29, 1.82) is 0 Å². The molecule has 1 aromatic carbocycles. The molecule has 0 bridgehead atoms. The number of aryl methyl sites for hydroxylation is 1. The second-order valence-corrected chi connectivity index (χ2v) is 7.07. The molecule has 7 nitrogen and oxygen atoms in total. The fraction of sp³-hybridized carbons (Fsp3) is 0.389. The number of rotatable bonds is 5. The van der Waals surface area contributed by atoms with Gasteiger partial charge in [-0.15, -0.1) is 0 Å². The summed E-state index contributed by atoms with van der Waals surface area (Å²) >= 11 is 3.40. The summed E-state index contributed by atoms with van der Waals surface area (Å²) in [6.45, 7) is 2.50. The lowest BCUT2D eigenvalue weighted by Gasteiger charge is -2.33. The van der Waals surface area contributed by atoms with E-state index >= 15 is 0 Å². The number of likely N-dealkylation sites (tertiary alicyclic amines) is 1. The van der Waals surface area contributed by atoms with Crippen molar-refractivity contribution in [3.8, 4) is 5.75 Å². The van der Waals surface area contributed by atoms with Gasteiger partial charge < -0.3 is 19.3 Å². The first-order chi connectivity index (χ1) is 12.5. The van der Waals surface area contributed by atoms with Gasteiger partial charge in [0.25, 0.3) is 5.91 Å². The molecule has 138 valence electrons. The van der Waals surface area contributed by atoms with E-state index < -0.39 is 12.0 Å². The molecule has 1 aliphatic rings. The van der Waals surface area contributed by atoms with Gasteiger partial charge in [0.05, 0.1) is 10.2 Å². The first-order valence-corrected chi connectivity index (χ1v) is 9.13. The third-order valence-electron chi connectivity index (χ3n) is 4.27. The minimum Gasteiger partial charge on any atom is -0.484 e. The number of hydrogen-bond donors (Lipinski definition) is 1. The minimum absolute atomic E-state index is 0.222. The van der Waals surface area contributed by atoms with E-state index in [9.17, 15) is 14.7 Å². The molecular formula is C18H19BrN2O5. The summed E-state index contributed by atoms with van der Waals surface area (Å²) in [6.07, 6.45) is 2.12. The highest BCUT2D eigenvalue weighted by molar-refractivity contribution is 9.10. The molecule has 1 amide bonds. The Kier molecular flexibility index (Phi) is 5.61. The lowest BCUT2D eigenvalue weighted by Crippen LogP contribution is -2.47. The molecular weight excluding hydrogens is 404 g/mol. The molecule has 3 rings (SSSR count). The maximum absolute atomic E-state index is 12.7. The van der Waals surface area contributed by atoms with Crippen molar-refractivity contribution in [3.05, 3.63) is 45.8 Å². The molecule has 1 N–H and O–H groups in total. The summed E-state index contributed by atoms with van der Waals surface area (Å²) in [5, 5.41) is 13.1. The summed E-state index contributed by atoms with van der Waals surface area (Å²) in [5.74, 6) is -0.0779. The number of ether oxygens (including phenoxy) is 1. The summed E-state index contributed by atoms with van der Waals surface area (Å²) in [5.41, 5.74) is 1.20. The monoisotopic (exact) mass is 422 g/mol. The summed E-state index contributed by atoms with van der Waals surface area (Å²) < 4.78 is 11.4. The van der Waals surface area contributed by atoms with Crippen LogP contribution < -0.4 is 4.74 Å². The highest BCUT2D eigenvalue weighted by Gasteiger charge is 2.32. The number of halogens is 1. The van der Waals surface area contributed by atoms with Gasteiger partial charge in [-0.2, -0.15) is 0 Å². The van der Waals surface area contributed by atoms with Crippen molar-refractivity contribution < 1.29 is 24.0 Å². The van der Waals surface area contributed by atoms with Gasteiger partial charge in [-0.05, 0) is 60.3 Å². The predicted molar refractivity (Wildman–Crippen MR) is 96.0 cm³/mol. The van der Waals surface area contributed by atoms with Crippen LogP contribution in [0.1, 0.15) is 41.1 Å². The molecule has 0 spiro atoms. The first kappa shape index (κ1) is 18.4. The molecule has 1 atom stereocenters. The summed E-state index contributed by atoms with van der Waals surface area (Å²) in [7, 11) is 0. The normalized spacial score (nSPS) is 17.2. The zero-order valence-electron chi connectivity index (χ0n) is 14.3. The van der Waals surface area contributed by atoms with Crippen LogP contribution in [0.25, 0.3) is 0 Å². The van der Waals surface area contributed by atoms with E-state index in [0.29, 0.717) is 34.5 Å². The largest absolute Gasteiger partial charge is 0.484 e. The highest BCUT2D eigenvalue weighted by atomic mass is 79.9. The number of aromatic nitrogens is 1. The van der Waals surface area contributed by atoms with E-state index in [0.717, 1.165) is 18.5 Å². The number of hydrogen-bond acceptors (Lipinski definition) is 5. The average Bonchev–Trinajstić information content (AvgIpc) is 3.05. The van der Waals surface area contributed by atoms with E-state index in [4.69, 9.17) is 9.26 Å². The molecule has 1 aliphatic heterocycles. The van der Waals surface area contributed by atoms with Crippen LogP contribution in [0.4, 0.5) is 0 Å². The van der Waals surface area contributed by atoms with Crippen molar-refractivity contribution in [2.45, 2.75) is 38.8 Å². The van der Waals surface area contributed by atoms with Crippen LogP contribution in [0, 0.1) is 6.92 Å². The fourth-order valence-corrected chi connectivity index (χ4v) is 3.47. The van der Waals surface area contributed by atoms with Crippen molar-refractivity contribution in [2.24, 2.45) is 0 Å². The topological polar surface area (TPSA) is 92.9 Å². The van der Waals surface area contributed by atoms with Crippen molar-refractivity contribution >= 4 is 27.8 Å². The summed E-state index contributed by atoms with van der Waals surface area (Å²) in [6, 6.07) is 5.99. The Morgan fingerprint density at radius 2 is 2.19 bits per heavy atom. The van der Waals surface area contributed by atoms with Crippen LogP contribution in [0.15, 0.2) is 33.3 Å². The first-order valence-electron chi connectivity index (χ1n) is 8.34. The van der Waals surface area contributed by atoms with E-state index in [1.807, 2.05) is 6.92 Å². The maximum atomic E-state index is 12.7. The van der Waals surface area contributed by atoms with Gasteiger partial charge in [-0.1, -0.05) is 5.16 Å². The van der Waals surface area contributed by atoms with Crippen LogP contribution >= 0.6 is 15.9 Å². The number of nitrogens with zero attached hydrogens (tertiary/aromatic N) is 2. The Bertz CT molecular complexity index is 820. The minimum atomic E-state index is -0.959. The number of carboxylic acid groups (broad SMARTS) is 1. The Balaban J connectivity index is 1.71. The molecule has 0 saturated carbocycles. The van der Waals surface area contributed by atoms with Crippen LogP contribution in [-0.2, 0) is 11.4 Å². The van der Waals surface area contributed by atoms with Gasteiger partial charge in [0, 0.05) is 18.2 Å². The van der Waals surface area contributed by atoms with E-state index in [2.05, 4.69) is 21.1 Å². The lowest BCUT2D eigenvalue weighted by atomic mass is 10.0. The van der Waals surface area contributed by atoms with Crippen molar-refractivity contribution in [2.75, 3.05) is 6.54 Å². The molecule has 1 fully saturated rings. The smallest absolute Gasteiger partial charge is 0.326 e. The van der Waals surface area contributed by atoms with Gasteiger partial charge in [-0.3, -0.25) is 4.79 Å². The quantitative estimate of drug-likeness (QED) is 0.793. The van der Waals surface area contributed by atoms with Crippen LogP contribution in [0.3, 0.4) is 0 Å². The number of carboxylic acids is 1. The molecule has 2 aromatic rings.